The van der Waals surface area contributed by atoms with Crippen molar-refractivity contribution in [1.29, 1.82) is 0 Å². The fourth-order valence-corrected chi connectivity index (χ4v) is 6.37. The zero-order valence-corrected chi connectivity index (χ0v) is 26.0. The molecule has 0 bridgehead atoms. The molecule has 2 saturated heterocycles. The summed E-state index contributed by atoms with van der Waals surface area (Å²) < 4.78 is 42.3. The number of rotatable bonds is 6. The smallest absolute Gasteiger partial charge is 0.257 e. The number of benzene rings is 3. The van der Waals surface area contributed by atoms with E-state index in [-0.39, 0.29) is 29.7 Å². The number of amides is 2. The third kappa shape index (κ3) is 7.17. The average Bonchev–Trinajstić information content (AvgIpc) is 2.98. The minimum atomic E-state index is -2.60. The Labute approximate surface area is 258 Å². The standard InChI is InChI=1S/C36H42F3N3O2/c1-24-8-5-12-30(37)31(24)34(44)42-19-7-11-29(33(43)40-28-10-6-9-27(22-28)35(2,3)4)32(42)26-15-13-25(14-16-26)23-41-20-17-36(38,39)18-21-41/h5-6,8-10,12-16,22,29,32H,7,11,17-21,23H2,1-4H3,(H,40,43). The molecule has 2 fully saturated rings. The summed E-state index contributed by atoms with van der Waals surface area (Å²) in [5.74, 6) is -4.37. The molecule has 0 aromatic heterocycles. The van der Waals surface area contributed by atoms with Gasteiger partial charge >= 0.3 is 0 Å². The first-order valence-corrected chi connectivity index (χ1v) is 15.5. The number of alkyl halides is 2. The maximum atomic E-state index is 15.0. The molecule has 2 amide bonds. The molecule has 3 aromatic carbocycles. The predicted octanol–water partition coefficient (Wildman–Crippen LogP) is 7.89. The Morgan fingerprint density at radius 1 is 0.955 bits per heavy atom. The molecule has 1 N–H and O–H groups in total. The topological polar surface area (TPSA) is 52.7 Å². The van der Waals surface area contributed by atoms with Gasteiger partial charge in [-0.25, -0.2) is 13.2 Å². The summed E-state index contributed by atoms with van der Waals surface area (Å²) in [5, 5.41) is 3.10. The van der Waals surface area contributed by atoms with Gasteiger partial charge in [0, 0.05) is 44.7 Å². The number of anilines is 1. The van der Waals surface area contributed by atoms with E-state index in [4.69, 9.17) is 0 Å². The molecule has 0 saturated carbocycles. The van der Waals surface area contributed by atoms with Crippen molar-refractivity contribution in [3.63, 3.8) is 0 Å². The lowest BCUT2D eigenvalue weighted by molar-refractivity contribution is -0.123. The molecule has 3 aromatic rings. The highest BCUT2D eigenvalue weighted by Gasteiger charge is 2.41. The predicted molar refractivity (Wildman–Crippen MR) is 167 cm³/mol. The number of likely N-dealkylation sites (tertiary alicyclic amines) is 2. The lowest BCUT2D eigenvalue weighted by Gasteiger charge is -2.41. The summed E-state index contributed by atoms with van der Waals surface area (Å²) in [6.45, 7) is 9.67. The van der Waals surface area contributed by atoms with E-state index in [0.29, 0.717) is 50.3 Å². The van der Waals surface area contributed by atoms with E-state index in [1.165, 1.54) is 6.07 Å². The molecule has 8 heteroatoms. The summed E-state index contributed by atoms with van der Waals surface area (Å²) in [4.78, 5) is 31.6. The van der Waals surface area contributed by atoms with Crippen LogP contribution in [0.15, 0.2) is 66.7 Å². The summed E-state index contributed by atoms with van der Waals surface area (Å²) in [7, 11) is 0. The van der Waals surface area contributed by atoms with E-state index in [1.807, 2.05) is 53.4 Å². The third-order valence-electron chi connectivity index (χ3n) is 8.98. The van der Waals surface area contributed by atoms with Crippen molar-refractivity contribution < 1.29 is 22.8 Å². The quantitative estimate of drug-likeness (QED) is 0.311. The van der Waals surface area contributed by atoms with Gasteiger partial charge in [-0.15, -0.1) is 0 Å². The minimum Gasteiger partial charge on any atom is -0.331 e. The van der Waals surface area contributed by atoms with Gasteiger partial charge in [0.2, 0.25) is 5.91 Å². The van der Waals surface area contributed by atoms with E-state index in [1.54, 1.807) is 24.0 Å². The molecule has 2 heterocycles. The van der Waals surface area contributed by atoms with Crippen LogP contribution in [-0.4, -0.2) is 47.2 Å². The fourth-order valence-electron chi connectivity index (χ4n) is 6.37. The van der Waals surface area contributed by atoms with Gasteiger partial charge in [-0.1, -0.05) is 69.3 Å². The number of carbonyl (C=O) groups excluding carboxylic acids is 2. The Morgan fingerprint density at radius 2 is 1.64 bits per heavy atom. The van der Waals surface area contributed by atoms with Crippen LogP contribution in [0.2, 0.25) is 0 Å². The first-order valence-electron chi connectivity index (χ1n) is 15.5. The van der Waals surface area contributed by atoms with Crippen LogP contribution < -0.4 is 5.32 Å². The van der Waals surface area contributed by atoms with Gasteiger partial charge in [0.05, 0.1) is 17.5 Å². The molecular weight excluding hydrogens is 563 g/mol. The summed E-state index contributed by atoms with van der Waals surface area (Å²) in [5.41, 5.74) is 4.01. The van der Waals surface area contributed by atoms with Crippen molar-refractivity contribution in [1.82, 2.24) is 9.80 Å². The van der Waals surface area contributed by atoms with Crippen LogP contribution in [0.25, 0.3) is 0 Å². The van der Waals surface area contributed by atoms with Gasteiger partial charge < -0.3 is 10.2 Å². The molecule has 0 radical (unpaired) electrons. The minimum absolute atomic E-state index is 0.0231. The summed E-state index contributed by atoms with van der Waals surface area (Å²) in [6.07, 6.45) is 0.886. The van der Waals surface area contributed by atoms with E-state index in [0.717, 1.165) is 16.7 Å². The summed E-state index contributed by atoms with van der Waals surface area (Å²) >= 11 is 0. The van der Waals surface area contributed by atoms with E-state index < -0.39 is 29.6 Å². The second-order valence-electron chi connectivity index (χ2n) is 13.3. The first kappa shape index (κ1) is 31.8. The lowest BCUT2D eigenvalue weighted by Crippen LogP contribution is -2.46. The van der Waals surface area contributed by atoms with E-state index in [2.05, 4.69) is 26.1 Å². The molecule has 2 unspecified atom stereocenters. The highest BCUT2D eigenvalue weighted by Crippen LogP contribution is 2.39. The fraction of sp³-hybridized carbons (Fsp3) is 0.444. The Balaban J connectivity index is 1.44. The number of carbonyl (C=O) groups is 2. The second-order valence-corrected chi connectivity index (χ2v) is 13.3. The van der Waals surface area contributed by atoms with Gasteiger partial charge in [-0.3, -0.25) is 14.5 Å². The highest BCUT2D eigenvalue weighted by molar-refractivity contribution is 5.98. The highest BCUT2D eigenvalue weighted by atomic mass is 19.3. The van der Waals surface area contributed by atoms with Crippen LogP contribution >= 0.6 is 0 Å². The molecule has 44 heavy (non-hydrogen) atoms. The van der Waals surface area contributed by atoms with E-state index in [9.17, 15) is 18.4 Å². The Hall–Kier alpha value is -3.65. The normalized spacial score (nSPS) is 20.8. The van der Waals surface area contributed by atoms with Crippen LogP contribution in [0.4, 0.5) is 18.9 Å². The zero-order valence-electron chi connectivity index (χ0n) is 26.0. The number of nitrogens with one attached hydrogen (secondary N) is 1. The maximum Gasteiger partial charge on any atom is 0.257 e. The number of aryl methyl sites for hydroxylation is 1. The van der Waals surface area contributed by atoms with Crippen LogP contribution in [0.5, 0.6) is 0 Å². The molecule has 2 aliphatic rings. The van der Waals surface area contributed by atoms with Gasteiger partial charge in [0.25, 0.3) is 11.8 Å². The van der Waals surface area contributed by atoms with Crippen LogP contribution in [0.3, 0.4) is 0 Å². The SMILES string of the molecule is Cc1cccc(F)c1C(=O)N1CCCC(C(=O)Nc2cccc(C(C)(C)C)c2)C1c1ccc(CN2CCC(F)(F)CC2)cc1. The molecule has 5 rings (SSSR count). The van der Waals surface area contributed by atoms with Gasteiger partial charge in [0.15, 0.2) is 0 Å². The number of piperidine rings is 2. The van der Waals surface area contributed by atoms with Crippen LogP contribution in [-0.2, 0) is 16.8 Å². The van der Waals surface area contributed by atoms with Crippen molar-refractivity contribution >= 4 is 17.5 Å². The van der Waals surface area contributed by atoms with E-state index >= 15 is 4.39 Å². The van der Waals surface area contributed by atoms with Crippen molar-refractivity contribution in [2.24, 2.45) is 5.92 Å². The molecule has 5 nitrogen and oxygen atoms in total. The van der Waals surface area contributed by atoms with Crippen molar-refractivity contribution in [3.05, 3.63) is 100 Å². The van der Waals surface area contributed by atoms with Crippen LogP contribution in [0.1, 0.15) is 85.1 Å². The monoisotopic (exact) mass is 605 g/mol. The third-order valence-corrected chi connectivity index (χ3v) is 8.98. The maximum absolute atomic E-state index is 15.0. The largest absolute Gasteiger partial charge is 0.331 e. The molecule has 2 atom stereocenters. The van der Waals surface area contributed by atoms with Gasteiger partial charge in [0.1, 0.15) is 5.82 Å². The molecule has 0 aliphatic carbocycles. The number of hydrogen-bond donors (Lipinski definition) is 1. The number of hydrogen-bond acceptors (Lipinski definition) is 3. The number of halogens is 3. The average molecular weight is 606 g/mol. The Morgan fingerprint density at radius 3 is 2.30 bits per heavy atom. The lowest BCUT2D eigenvalue weighted by atomic mass is 9.82. The summed E-state index contributed by atoms with van der Waals surface area (Å²) in [6, 6.07) is 19.5. The number of nitrogens with zero attached hydrogens (tertiary/aromatic N) is 2. The molecular formula is C36H42F3N3O2. The van der Waals surface area contributed by atoms with Gasteiger partial charge in [-0.05, 0) is 65.6 Å². The Kier molecular flexibility index (Phi) is 9.21. The zero-order chi connectivity index (χ0) is 31.6. The van der Waals surface area contributed by atoms with Crippen molar-refractivity contribution in [2.45, 2.75) is 77.3 Å². The van der Waals surface area contributed by atoms with Crippen molar-refractivity contribution in [2.75, 3.05) is 25.0 Å². The van der Waals surface area contributed by atoms with Gasteiger partial charge in [-0.2, -0.15) is 0 Å². The Bertz CT molecular complexity index is 1470. The molecule has 0 spiro atoms. The van der Waals surface area contributed by atoms with Crippen LogP contribution in [0, 0.1) is 18.7 Å². The second kappa shape index (κ2) is 12.8. The first-order chi connectivity index (χ1) is 20.8. The molecule has 2 aliphatic heterocycles. The van der Waals surface area contributed by atoms with Crippen molar-refractivity contribution in [3.8, 4) is 0 Å². The molecule has 234 valence electrons.